The zero-order chi connectivity index (χ0) is 7.84. The number of hydrogen-bond donors (Lipinski definition) is 1. The van der Waals surface area contributed by atoms with E-state index in [0.717, 1.165) is 23.6 Å². The van der Waals surface area contributed by atoms with E-state index < -0.39 is 0 Å². The predicted octanol–water partition coefficient (Wildman–Crippen LogP) is 2.18. The van der Waals surface area contributed by atoms with Crippen LogP contribution in [-0.2, 0) is 0 Å². The van der Waals surface area contributed by atoms with Crippen LogP contribution in [0.5, 0.6) is 0 Å². The summed E-state index contributed by atoms with van der Waals surface area (Å²) in [6, 6.07) is 0. The van der Waals surface area contributed by atoms with E-state index in [0.29, 0.717) is 5.92 Å². The molecule has 0 unspecified atom stereocenters. The molecule has 0 aliphatic heterocycles. The average molecular weight is 219 g/mol. The number of alkyl halides is 1. The molecule has 0 aromatic carbocycles. The molecule has 11 heavy (non-hydrogen) atoms. The van der Waals surface area contributed by atoms with Gasteiger partial charge in [-0.1, -0.05) is 15.9 Å². The van der Waals surface area contributed by atoms with Gasteiger partial charge in [0.1, 0.15) is 0 Å². The van der Waals surface area contributed by atoms with Crippen LogP contribution in [0, 0.1) is 17.8 Å². The average Bonchev–Trinajstić information content (AvgIpc) is 2.37. The van der Waals surface area contributed by atoms with Crippen LogP contribution in [-0.4, -0.2) is 16.5 Å². The first-order valence-electron chi connectivity index (χ1n) is 4.55. The van der Waals surface area contributed by atoms with Crippen LogP contribution >= 0.6 is 15.9 Å². The lowest BCUT2D eigenvalue weighted by molar-refractivity contribution is 0.0640. The fourth-order valence-corrected chi connectivity index (χ4v) is 3.53. The summed E-state index contributed by atoms with van der Waals surface area (Å²) in [5.41, 5.74) is 0. The van der Waals surface area contributed by atoms with E-state index in [2.05, 4.69) is 15.9 Å². The molecule has 2 heteroatoms. The van der Waals surface area contributed by atoms with Crippen LogP contribution < -0.4 is 0 Å². The molecule has 0 aromatic rings. The molecule has 2 rings (SSSR count). The minimum Gasteiger partial charge on any atom is -0.393 e. The van der Waals surface area contributed by atoms with E-state index in [4.69, 9.17) is 0 Å². The molecule has 0 spiro atoms. The van der Waals surface area contributed by atoms with Crippen molar-refractivity contribution in [2.75, 3.05) is 5.33 Å². The zero-order valence-electron chi connectivity index (χ0n) is 6.67. The molecular weight excluding hydrogens is 204 g/mol. The SMILES string of the molecule is O[C@@H]1CC[C@H]2C[C@H](CBr)[C@@H]1C2. The van der Waals surface area contributed by atoms with Crippen molar-refractivity contribution >= 4 is 15.9 Å². The molecule has 0 saturated heterocycles. The summed E-state index contributed by atoms with van der Waals surface area (Å²) in [6.45, 7) is 0. The van der Waals surface area contributed by atoms with E-state index in [1.807, 2.05) is 0 Å². The molecule has 1 N–H and O–H groups in total. The third-order valence-electron chi connectivity index (χ3n) is 3.41. The highest BCUT2D eigenvalue weighted by Crippen LogP contribution is 2.46. The van der Waals surface area contributed by atoms with Crippen LogP contribution in [0.4, 0.5) is 0 Å². The summed E-state index contributed by atoms with van der Waals surface area (Å²) in [5.74, 6) is 2.32. The van der Waals surface area contributed by atoms with Crippen molar-refractivity contribution in [1.29, 1.82) is 0 Å². The fraction of sp³-hybridized carbons (Fsp3) is 1.00. The summed E-state index contributed by atoms with van der Waals surface area (Å²) in [7, 11) is 0. The summed E-state index contributed by atoms with van der Waals surface area (Å²) >= 11 is 3.53. The van der Waals surface area contributed by atoms with Gasteiger partial charge in [0.2, 0.25) is 0 Å². The monoisotopic (exact) mass is 218 g/mol. The number of hydrogen-bond acceptors (Lipinski definition) is 1. The Morgan fingerprint density at radius 1 is 1.27 bits per heavy atom. The first kappa shape index (κ1) is 8.06. The van der Waals surface area contributed by atoms with E-state index in [1.54, 1.807) is 0 Å². The van der Waals surface area contributed by atoms with Gasteiger partial charge in [0, 0.05) is 5.33 Å². The van der Waals surface area contributed by atoms with Crippen LogP contribution in [0.3, 0.4) is 0 Å². The molecule has 64 valence electrons. The summed E-state index contributed by atoms with van der Waals surface area (Å²) in [6.07, 6.45) is 4.97. The second-order valence-corrected chi connectivity index (χ2v) is 4.71. The number of aliphatic hydroxyl groups is 1. The molecule has 0 aromatic heterocycles. The van der Waals surface area contributed by atoms with Crippen LogP contribution in [0.2, 0.25) is 0 Å². The molecule has 4 atom stereocenters. The van der Waals surface area contributed by atoms with Gasteiger partial charge in [-0.25, -0.2) is 0 Å². The molecule has 0 heterocycles. The minimum absolute atomic E-state index is 0.0105. The zero-order valence-corrected chi connectivity index (χ0v) is 8.26. The molecule has 2 fully saturated rings. The maximum absolute atomic E-state index is 9.68. The van der Waals surface area contributed by atoms with E-state index in [-0.39, 0.29) is 6.10 Å². The van der Waals surface area contributed by atoms with Gasteiger partial charge in [-0.2, -0.15) is 0 Å². The smallest absolute Gasteiger partial charge is 0.0571 e. The van der Waals surface area contributed by atoms with Crippen molar-refractivity contribution in [2.24, 2.45) is 17.8 Å². The van der Waals surface area contributed by atoms with Gasteiger partial charge < -0.3 is 5.11 Å². The lowest BCUT2D eigenvalue weighted by Gasteiger charge is -2.26. The van der Waals surface area contributed by atoms with Gasteiger partial charge in [-0.15, -0.1) is 0 Å². The van der Waals surface area contributed by atoms with Crippen molar-refractivity contribution in [1.82, 2.24) is 0 Å². The maximum atomic E-state index is 9.68. The largest absolute Gasteiger partial charge is 0.393 e. The third-order valence-corrected chi connectivity index (χ3v) is 4.24. The summed E-state index contributed by atoms with van der Waals surface area (Å²) in [5, 5.41) is 10.8. The van der Waals surface area contributed by atoms with E-state index in [1.165, 1.54) is 19.3 Å². The van der Waals surface area contributed by atoms with Crippen molar-refractivity contribution in [3.05, 3.63) is 0 Å². The number of rotatable bonds is 1. The summed E-state index contributed by atoms with van der Waals surface area (Å²) in [4.78, 5) is 0. The maximum Gasteiger partial charge on any atom is 0.0571 e. The highest BCUT2D eigenvalue weighted by atomic mass is 79.9. The Hall–Kier alpha value is 0.440. The fourth-order valence-electron chi connectivity index (χ4n) is 2.78. The first-order valence-corrected chi connectivity index (χ1v) is 5.67. The predicted molar refractivity (Wildman–Crippen MR) is 48.7 cm³/mol. The Morgan fingerprint density at radius 3 is 2.82 bits per heavy atom. The number of fused-ring (bicyclic) bond motifs is 2. The number of aliphatic hydroxyl groups excluding tert-OH is 1. The van der Waals surface area contributed by atoms with Gasteiger partial charge in [-0.3, -0.25) is 0 Å². The van der Waals surface area contributed by atoms with Crippen molar-refractivity contribution in [3.8, 4) is 0 Å². The van der Waals surface area contributed by atoms with Crippen molar-refractivity contribution in [3.63, 3.8) is 0 Å². The Labute approximate surface area is 76.3 Å². The van der Waals surface area contributed by atoms with Crippen LogP contribution in [0.1, 0.15) is 25.7 Å². The Kier molecular flexibility index (Phi) is 2.24. The molecule has 2 bridgehead atoms. The molecule has 2 aliphatic carbocycles. The van der Waals surface area contributed by atoms with Gasteiger partial charge in [0.05, 0.1) is 6.10 Å². The first-order chi connectivity index (χ1) is 5.31. The highest BCUT2D eigenvalue weighted by Gasteiger charge is 2.41. The van der Waals surface area contributed by atoms with Gasteiger partial charge in [0.25, 0.3) is 0 Å². The van der Waals surface area contributed by atoms with E-state index in [9.17, 15) is 5.11 Å². The molecule has 2 aliphatic rings. The Balaban J connectivity index is 2.06. The number of halogens is 1. The molecule has 0 amide bonds. The Bertz CT molecular complexity index is 146. The topological polar surface area (TPSA) is 20.2 Å². The normalized spacial score (nSPS) is 49.6. The van der Waals surface area contributed by atoms with Crippen molar-refractivity contribution < 1.29 is 5.11 Å². The second-order valence-electron chi connectivity index (χ2n) is 4.06. The van der Waals surface area contributed by atoms with Crippen molar-refractivity contribution in [2.45, 2.75) is 31.8 Å². The quantitative estimate of drug-likeness (QED) is 0.670. The van der Waals surface area contributed by atoms with Gasteiger partial charge in [0.15, 0.2) is 0 Å². The van der Waals surface area contributed by atoms with Crippen LogP contribution in [0.25, 0.3) is 0 Å². The Morgan fingerprint density at radius 2 is 2.09 bits per heavy atom. The molecule has 1 nitrogen and oxygen atoms in total. The lowest BCUT2D eigenvalue weighted by atomic mass is 9.85. The molecule has 0 radical (unpaired) electrons. The summed E-state index contributed by atoms with van der Waals surface area (Å²) < 4.78 is 0. The highest BCUT2D eigenvalue weighted by molar-refractivity contribution is 9.09. The third kappa shape index (κ3) is 1.35. The van der Waals surface area contributed by atoms with Gasteiger partial charge >= 0.3 is 0 Å². The van der Waals surface area contributed by atoms with E-state index >= 15 is 0 Å². The standard InChI is InChI=1S/C9H15BrO/c10-5-7-3-6-1-2-9(11)8(7)4-6/h6-9,11H,1-5H2/t6-,7+,8-,9+/m0/s1. The second kappa shape index (κ2) is 3.06. The lowest BCUT2D eigenvalue weighted by Crippen LogP contribution is -2.26. The molecule has 2 saturated carbocycles. The van der Waals surface area contributed by atoms with Crippen LogP contribution in [0.15, 0.2) is 0 Å². The minimum atomic E-state index is 0.0105. The van der Waals surface area contributed by atoms with Gasteiger partial charge in [-0.05, 0) is 43.4 Å². The molecular formula is C9H15BrO.